The molecule has 0 unspecified atom stereocenters. The molecule has 40 heavy (non-hydrogen) atoms. The van der Waals surface area contributed by atoms with Gasteiger partial charge in [0.2, 0.25) is 0 Å². The van der Waals surface area contributed by atoms with Gasteiger partial charge >= 0.3 is 0 Å². The molecule has 3 nitrogen and oxygen atoms in total. The summed E-state index contributed by atoms with van der Waals surface area (Å²) in [6.45, 7) is 2.49. The molecule has 202 valence electrons. The van der Waals surface area contributed by atoms with Crippen LogP contribution in [-0.2, 0) is 32.6 Å². The second kappa shape index (κ2) is 11.6. The minimum atomic E-state index is 0. The van der Waals surface area contributed by atoms with Gasteiger partial charge in [0, 0.05) is 49.3 Å². The Morgan fingerprint density at radius 1 is 0.800 bits per heavy atom. The maximum atomic E-state index is 3.50. The summed E-state index contributed by atoms with van der Waals surface area (Å²) >= 11 is 0. The number of aromatic nitrogens is 1. The molecule has 0 amide bonds. The first-order valence-corrected chi connectivity index (χ1v) is 14.0. The molecule has 2 aliphatic heterocycles. The monoisotopic (exact) mass is 602 g/mol. The molecule has 0 saturated heterocycles. The number of benzene rings is 4. The van der Waals surface area contributed by atoms with E-state index in [1.54, 1.807) is 19.7 Å². The molecule has 1 saturated carbocycles. The topological polar surface area (TPSA) is 22.3 Å². The normalized spacial score (nSPS) is 20.3. The third-order valence-electron chi connectivity index (χ3n) is 8.49. The molecule has 2 bridgehead atoms. The van der Waals surface area contributed by atoms with E-state index in [-0.39, 0.29) is 37.8 Å². The summed E-state index contributed by atoms with van der Waals surface area (Å²) in [6, 6.07) is 33.8. The molecule has 1 aromatic heterocycles. The Morgan fingerprint density at radius 3 is 2.00 bits per heavy atom. The van der Waals surface area contributed by atoms with E-state index in [0.717, 1.165) is 19.3 Å². The Bertz CT molecular complexity index is 1730. The summed E-state index contributed by atoms with van der Waals surface area (Å²) in [6.07, 6.45) is 5.90. The minimum Gasteiger partial charge on any atom is -0.668 e. The smallest absolute Gasteiger partial charge is 0.0922 e. The van der Waals surface area contributed by atoms with Crippen LogP contribution >= 0.6 is 0 Å². The molecule has 0 N–H and O–H groups in total. The Morgan fingerprint density at radius 2 is 1.38 bits per heavy atom. The van der Waals surface area contributed by atoms with Crippen molar-refractivity contribution in [1.29, 1.82) is 0 Å². The van der Waals surface area contributed by atoms with Crippen molar-refractivity contribution in [2.75, 3.05) is 28.2 Å². The van der Waals surface area contributed by atoms with Gasteiger partial charge in [-0.15, -0.1) is 0 Å². The van der Waals surface area contributed by atoms with E-state index in [1.807, 2.05) is 0 Å². The van der Waals surface area contributed by atoms with Crippen LogP contribution in [0.1, 0.15) is 31.6 Å². The Hall–Kier alpha value is -2.78. The summed E-state index contributed by atoms with van der Waals surface area (Å²) in [7, 11) is 8.01. The summed E-state index contributed by atoms with van der Waals surface area (Å²) in [5, 5.41) is 11.6. The molecule has 4 aromatic carbocycles. The molecule has 0 spiro atoms. The van der Waals surface area contributed by atoms with Gasteiger partial charge in [-0.05, 0) is 77.1 Å². The largest absolute Gasteiger partial charge is 0.668 e. The summed E-state index contributed by atoms with van der Waals surface area (Å²) in [4.78, 5) is 2.45. The zero-order valence-corrected chi connectivity index (χ0v) is 26.7. The van der Waals surface area contributed by atoms with Gasteiger partial charge in [0.15, 0.2) is 0 Å². The van der Waals surface area contributed by atoms with Crippen molar-refractivity contribution >= 4 is 33.2 Å². The summed E-state index contributed by atoms with van der Waals surface area (Å²) in [5.41, 5.74) is 5.84. The summed E-state index contributed by atoms with van der Waals surface area (Å²) in [5.74, 6) is 0. The maximum absolute atomic E-state index is 3.50. The van der Waals surface area contributed by atoms with Crippen LogP contribution in [0.15, 0.2) is 91.0 Å². The van der Waals surface area contributed by atoms with Crippen molar-refractivity contribution in [3.8, 4) is 11.3 Å². The molecule has 3 heterocycles. The Labute approximate surface area is 257 Å². The van der Waals surface area contributed by atoms with Crippen molar-refractivity contribution in [1.82, 2.24) is 9.47 Å². The fourth-order valence-electron chi connectivity index (χ4n) is 7.11. The van der Waals surface area contributed by atoms with Gasteiger partial charge in [0.1, 0.15) is 0 Å². The first-order valence-electron chi connectivity index (χ1n) is 14.0. The van der Waals surface area contributed by atoms with Gasteiger partial charge < -0.3 is 9.88 Å². The SMILES string of the molecule is CN(C)[C@@H]1n2c(ccc2-c2c3ccccc3cc3ccccc23)C/C=c2\ccccc2=C2CC1(C)C2.C[N-]C.[Zr]. The molecule has 0 radical (unpaired) electrons. The number of rotatable bonds is 2. The van der Waals surface area contributed by atoms with Gasteiger partial charge in [0.25, 0.3) is 0 Å². The van der Waals surface area contributed by atoms with Gasteiger partial charge in [-0.1, -0.05) is 91.4 Å². The van der Waals surface area contributed by atoms with Crippen LogP contribution in [0.4, 0.5) is 0 Å². The average molecular weight is 604 g/mol. The van der Waals surface area contributed by atoms with Gasteiger partial charge in [-0.25, -0.2) is 0 Å². The van der Waals surface area contributed by atoms with E-state index < -0.39 is 0 Å². The zero-order chi connectivity index (χ0) is 27.1. The number of hydrogen-bond acceptors (Lipinski definition) is 1. The van der Waals surface area contributed by atoms with Crippen LogP contribution in [-0.4, -0.2) is 37.7 Å². The molecule has 5 aromatic rings. The molecule has 1 fully saturated rings. The second-order valence-corrected chi connectivity index (χ2v) is 11.7. The predicted octanol–water partition coefficient (Wildman–Crippen LogP) is 7.13. The van der Waals surface area contributed by atoms with Crippen LogP contribution in [0.5, 0.6) is 0 Å². The van der Waals surface area contributed by atoms with E-state index in [2.05, 4.69) is 133 Å². The van der Waals surface area contributed by atoms with Crippen molar-refractivity contribution in [3.05, 3.63) is 112 Å². The van der Waals surface area contributed by atoms with E-state index >= 15 is 0 Å². The van der Waals surface area contributed by atoms with E-state index in [1.165, 1.54) is 48.9 Å². The van der Waals surface area contributed by atoms with Gasteiger partial charge in [0.05, 0.1) is 11.9 Å². The van der Waals surface area contributed by atoms with Crippen LogP contribution < -0.4 is 10.4 Å². The fourth-order valence-corrected chi connectivity index (χ4v) is 7.11. The predicted molar refractivity (Wildman–Crippen MR) is 167 cm³/mol. The van der Waals surface area contributed by atoms with E-state index in [9.17, 15) is 0 Å². The number of nitrogens with zero attached hydrogens (tertiary/aromatic N) is 3. The third kappa shape index (κ3) is 4.85. The van der Waals surface area contributed by atoms with Crippen molar-refractivity contribution in [3.63, 3.8) is 0 Å². The van der Waals surface area contributed by atoms with Crippen LogP contribution in [0.2, 0.25) is 0 Å². The van der Waals surface area contributed by atoms with Crippen molar-refractivity contribution in [2.45, 2.75) is 32.4 Å². The fraction of sp³-hybridized carbons (Fsp3) is 0.278. The average Bonchev–Trinajstić information content (AvgIpc) is 3.32. The molecular weight excluding hydrogens is 566 g/mol. The quantitative estimate of drug-likeness (QED) is 0.197. The van der Waals surface area contributed by atoms with Crippen molar-refractivity contribution in [2.24, 2.45) is 5.41 Å². The maximum Gasteiger partial charge on any atom is 0.0922 e. The van der Waals surface area contributed by atoms with Crippen LogP contribution in [0, 0.1) is 5.41 Å². The first kappa shape index (κ1) is 28.7. The Balaban J connectivity index is 0.000000774. The van der Waals surface area contributed by atoms with Gasteiger partial charge in [-0.2, -0.15) is 14.1 Å². The number of fused-ring (bicyclic) bond motifs is 3. The minimum absolute atomic E-state index is 0. The van der Waals surface area contributed by atoms with Crippen LogP contribution in [0.3, 0.4) is 0 Å². The zero-order valence-electron chi connectivity index (χ0n) is 24.3. The summed E-state index contributed by atoms with van der Waals surface area (Å²) < 4.78 is 2.68. The first-order chi connectivity index (χ1) is 18.9. The Kier molecular flexibility index (Phi) is 8.34. The molecule has 1 atom stereocenters. The molecule has 3 aliphatic rings. The van der Waals surface area contributed by atoms with E-state index in [4.69, 9.17) is 0 Å². The van der Waals surface area contributed by atoms with E-state index in [0.29, 0.717) is 0 Å². The molecule has 1 aliphatic carbocycles. The number of hydrogen-bond donors (Lipinski definition) is 0. The molecule has 8 rings (SSSR count). The second-order valence-electron chi connectivity index (χ2n) is 11.7. The molecule has 4 heteroatoms. The van der Waals surface area contributed by atoms with Gasteiger partial charge in [-0.3, -0.25) is 4.90 Å². The standard InChI is InChI=1S/C34H32N2.C2H6N.Zr/c1-34-21-26(22-34)28-13-7-4-10-23(28)16-17-27-18-19-31(36(27)33(34)35(2)3)32-29-14-8-5-11-24(29)20-25-12-6-9-15-30(25)32;1-3-2;/h4-16,18-20,33H,17,21-22H2,1-3H3;1-2H3;/q;-1;/b23-16+,28-26?;;/t33-,34?;;/m1../s1. The molecular formula is C36H38N3Zr-. The van der Waals surface area contributed by atoms with Crippen molar-refractivity contribution < 1.29 is 26.2 Å². The van der Waals surface area contributed by atoms with Crippen LogP contribution in [0.25, 0.3) is 49.8 Å². The third-order valence-corrected chi connectivity index (χ3v) is 8.49.